The number of carboxylic acids is 1. The maximum Gasteiger partial charge on any atom is 0.337 e. The Kier molecular flexibility index (Phi) is 5.50. The number of nitrogens with two attached hydrogens (primary N) is 1. The number of aromatic carboxylic acids is 1. The van der Waals surface area contributed by atoms with Gasteiger partial charge in [-0.25, -0.2) is 18.4 Å². The smallest absolute Gasteiger partial charge is 0.337 e. The summed E-state index contributed by atoms with van der Waals surface area (Å²) in [4.78, 5) is 31.0. The van der Waals surface area contributed by atoms with Gasteiger partial charge in [-0.1, -0.05) is 0 Å². The van der Waals surface area contributed by atoms with E-state index in [1.165, 1.54) is 18.2 Å². The molecular weight excluding hydrogens is 488 g/mol. The van der Waals surface area contributed by atoms with Gasteiger partial charge in [0.2, 0.25) is 10.0 Å². The normalized spacial score (nSPS) is 14.8. The molecule has 0 bridgehead atoms. The first kappa shape index (κ1) is 21.3. The highest BCUT2D eigenvalue weighted by Gasteiger charge is 2.25. The molecule has 3 aromatic rings. The minimum Gasteiger partial charge on any atom is -0.478 e. The molecular formula is C20H19BrN4O5S. The van der Waals surface area contributed by atoms with Gasteiger partial charge in [-0.2, -0.15) is 0 Å². The maximum atomic E-state index is 12.9. The van der Waals surface area contributed by atoms with Crippen LogP contribution in [0.1, 0.15) is 20.7 Å². The number of hydrogen-bond donors (Lipinski definition) is 3. The van der Waals surface area contributed by atoms with Gasteiger partial charge < -0.3 is 19.9 Å². The van der Waals surface area contributed by atoms with E-state index in [9.17, 15) is 23.1 Å². The largest absolute Gasteiger partial charge is 0.478 e. The third-order valence-corrected chi connectivity index (χ3v) is 7.21. The average Bonchev–Trinajstić information content (AvgIpc) is 3.21. The van der Waals surface area contributed by atoms with E-state index in [-0.39, 0.29) is 20.8 Å². The van der Waals surface area contributed by atoms with E-state index in [1.54, 1.807) is 23.2 Å². The summed E-state index contributed by atoms with van der Waals surface area (Å²) in [6.07, 6.45) is 1.71. The number of anilines is 1. The van der Waals surface area contributed by atoms with Crippen molar-refractivity contribution in [1.29, 1.82) is 0 Å². The lowest BCUT2D eigenvalue weighted by Crippen LogP contribution is -2.48. The fraction of sp³-hybridized carbons (Fsp3) is 0.200. The standard InChI is InChI=1S/C20H19BrN4O5S/c21-15-11-12(1-4-17(15)31(22,29)30)19(26)25-9-7-24(8-10-25)16-3-2-14(20(27)28)18-13(16)5-6-23-18/h1-6,11,23H,7-10H2,(H,27,28)(H2,22,29,30). The summed E-state index contributed by atoms with van der Waals surface area (Å²) in [7, 11) is -3.88. The van der Waals surface area contributed by atoms with E-state index in [0.29, 0.717) is 37.3 Å². The third kappa shape index (κ3) is 4.03. The number of carbonyl (C=O) groups is 2. The summed E-state index contributed by atoms with van der Waals surface area (Å²) in [6.45, 7) is 2.10. The number of nitrogens with zero attached hydrogens (tertiary/aromatic N) is 2. The Labute approximate surface area is 186 Å². The van der Waals surface area contributed by atoms with Crippen LogP contribution in [0.15, 0.2) is 52.0 Å². The van der Waals surface area contributed by atoms with Crippen molar-refractivity contribution in [2.75, 3.05) is 31.1 Å². The Morgan fingerprint density at radius 1 is 1.06 bits per heavy atom. The molecule has 1 saturated heterocycles. The lowest BCUT2D eigenvalue weighted by atomic mass is 10.1. The fourth-order valence-corrected chi connectivity index (χ4v) is 5.44. The molecule has 0 atom stereocenters. The summed E-state index contributed by atoms with van der Waals surface area (Å²) in [5.74, 6) is -1.19. The minimum atomic E-state index is -3.88. The molecule has 1 amide bonds. The van der Waals surface area contributed by atoms with E-state index in [4.69, 9.17) is 5.14 Å². The van der Waals surface area contributed by atoms with Crippen LogP contribution < -0.4 is 10.0 Å². The summed E-state index contributed by atoms with van der Waals surface area (Å²) >= 11 is 3.17. The highest BCUT2D eigenvalue weighted by atomic mass is 79.9. The maximum absolute atomic E-state index is 12.9. The third-order valence-electron chi connectivity index (χ3n) is 5.32. The minimum absolute atomic E-state index is 0.0748. The van der Waals surface area contributed by atoms with Gasteiger partial charge in [0, 0.05) is 53.5 Å². The number of hydrogen-bond acceptors (Lipinski definition) is 5. The summed E-state index contributed by atoms with van der Waals surface area (Å²) in [5, 5.41) is 15.3. The molecule has 0 radical (unpaired) electrons. The number of carboxylic acid groups (broad SMARTS) is 1. The lowest BCUT2D eigenvalue weighted by Gasteiger charge is -2.36. The first-order chi connectivity index (χ1) is 14.7. The van der Waals surface area contributed by atoms with Crippen molar-refractivity contribution in [3.63, 3.8) is 0 Å². The molecule has 4 N–H and O–H groups in total. The van der Waals surface area contributed by atoms with Gasteiger partial charge in [-0.15, -0.1) is 0 Å². The van der Waals surface area contributed by atoms with Crippen LogP contribution in [-0.4, -0.2) is 61.5 Å². The molecule has 1 aliphatic heterocycles. The van der Waals surface area contributed by atoms with Crippen LogP contribution in [0.25, 0.3) is 10.9 Å². The molecule has 11 heteroatoms. The van der Waals surface area contributed by atoms with Gasteiger partial charge in [-0.05, 0) is 52.3 Å². The molecule has 4 rings (SSSR count). The Morgan fingerprint density at radius 2 is 1.77 bits per heavy atom. The highest BCUT2D eigenvalue weighted by Crippen LogP contribution is 2.30. The molecule has 2 heterocycles. The van der Waals surface area contributed by atoms with Crippen LogP contribution in [-0.2, 0) is 10.0 Å². The predicted molar refractivity (Wildman–Crippen MR) is 119 cm³/mol. The first-order valence-corrected chi connectivity index (χ1v) is 11.7. The molecule has 31 heavy (non-hydrogen) atoms. The van der Waals surface area contributed by atoms with Crippen molar-refractivity contribution >= 4 is 54.4 Å². The molecule has 9 nitrogen and oxygen atoms in total. The van der Waals surface area contributed by atoms with E-state index < -0.39 is 16.0 Å². The second-order valence-electron chi connectivity index (χ2n) is 7.17. The fourth-order valence-electron chi connectivity index (χ4n) is 3.79. The molecule has 1 fully saturated rings. The van der Waals surface area contributed by atoms with Crippen molar-refractivity contribution in [2.45, 2.75) is 4.90 Å². The predicted octanol–water partition coefficient (Wildman–Crippen LogP) is 2.24. The average molecular weight is 507 g/mol. The molecule has 1 aromatic heterocycles. The number of primary sulfonamides is 1. The number of aromatic amines is 1. The molecule has 162 valence electrons. The number of H-pyrrole nitrogens is 1. The molecule has 0 unspecified atom stereocenters. The number of halogens is 1. The van der Waals surface area contributed by atoms with Crippen molar-refractivity contribution in [2.24, 2.45) is 5.14 Å². The number of piperazine rings is 1. The number of nitrogens with one attached hydrogen (secondary N) is 1. The SMILES string of the molecule is NS(=O)(=O)c1ccc(C(=O)N2CCN(c3ccc(C(=O)O)c4[nH]ccc34)CC2)cc1Br. The number of rotatable bonds is 4. The van der Waals surface area contributed by atoms with E-state index in [0.717, 1.165) is 11.1 Å². The summed E-state index contributed by atoms with van der Waals surface area (Å²) in [6, 6.07) is 9.45. The van der Waals surface area contributed by atoms with Gasteiger partial charge in [0.05, 0.1) is 16.0 Å². The Balaban J connectivity index is 1.51. The highest BCUT2D eigenvalue weighted by molar-refractivity contribution is 9.10. The van der Waals surface area contributed by atoms with Crippen LogP contribution in [0, 0.1) is 0 Å². The second-order valence-corrected chi connectivity index (χ2v) is 9.56. The lowest BCUT2D eigenvalue weighted by molar-refractivity contribution is 0.0697. The monoisotopic (exact) mass is 506 g/mol. The van der Waals surface area contributed by atoms with E-state index >= 15 is 0 Å². The van der Waals surface area contributed by atoms with Crippen LogP contribution in [0.3, 0.4) is 0 Å². The van der Waals surface area contributed by atoms with Crippen LogP contribution >= 0.6 is 15.9 Å². The Hall–Kier alpha value is -2.89. The topological polar surface area (TPSA) is 137 Å². The van der Waals surface area contributed by atoms with E-state index in [2.05, 4.69) is 25.8 Å². The number of carbonyl (C=O) groups excluding carboxylic acids is 1. The summed E-state index contributed by atoms with van der Waals surface area (Å²) in [5.41, 5.74) is 2.06. The quantitative estimate of drug-likeness (QED) is 0.496. The first-order valence-electron chi connectivity index (χ1n) is 9.37. The molecule has 0 aliphatic carbocycles. The molecule has 0 saturated carbocycles. The van der Waals surface area contributed by atoms with Crippen molar-refractivity contribution < 1.29 is 23.1 Å². The zero-order valence-corrected chi connectivity index (χ0v) is 18.6. The number of aromatic nitrogens is 1. The number of amides is 1. The number of fused-ring (bicyclic) bond motifs is 1. The Bertz CT molecular complexity index is 1300. The molecule has 2 aromatic carbocycles. The van der Waals surface area contributed by atoms with Gasteiger partial charge in [0.1, 0.15) is 0 Å². The number of benzene rings is 2. The zero-order chi connectivity index (χ0) is 22.3. The van der Waals surface area contributed by atoms with E-state index in [1.807, 2.05) is 6.07 Å². The van der Waals surface area contributed by atoms with Crippen LogP contribution in [0.2, 0.25) is 0 Å². The van der Waals surface area contributed by atoms with Gasteiger partial charge in [-0.3, -0.25) is 4.79 Å². The van der Waals surface area contributed by atoms with Gasteiger partial charge in [0.15, 0.2) is 0 Å². The summed E-state index contributed by atoms with van der Waals surface area (Å²) < 4.78 is 23.3. The van der Waals surface area contributed by atoms with Crippen molar-refractivity contribution in [1.82, 2.24) is 9.88 Å². The molecule has 1 aliphatic rings. The number of sulfonamides is 1. The molecule has 0 spiro atoms. The van der Waals surface area contributed by atoms with Gasteiger partial charge >= 0.3 is 5.97 Å². The van der Waals surface area contributed by atoms with Crippen molar-refractivity contribution in [3.05, 3.63) is 58.2 Å². The Morgan fingerprint density at radius 3 is 2.39 bits per heavy atom. The van der Waals surface area contributed by atoms with Crippen molar-refractivity contribution in [3.8, 4) is 0 Å². The van der Waals surface area contributed by atoms with Crippen LogP contribution in [0.4, 0.5) is 5.69 Å². The second kappa shape index (κ2) is 7.98. The van der Waals surface area contributed by atoms with Gasteiger partial charge in [0.25, 0.3) is 5.91 Å². The van der Waals surface area contributed by atoms with Crippen LogP contribution in [0.5, 0.6) is 0 Å². The zero-order valence-electron chi connectivity index (χ0n) is 16.2.